The van der Waals surface area contributed by atoms with Gasteiger partial charge >= 0.3 is 6.03 Å². The summed E-state index contributed by atoms with van der Waals surface area (Å²) in [6, 6.07) is 7.33. The van der Waals surface area contributed by atoms with Gasteiger partial charge in [-0.25, -0.2) is 4.79 Å². The second-order valence-corrected chi connectivity index (χ2v) is 6.66. The standard InChI is InChI=1S/C17H21N5O5S/c23-8-7-18-14-4-3-12(22(26)27)10-15(14)20-11-16(24)21-17(25)19-6-5-13-2-1-9-28-13/h1-4,9-10,18,20,23H,5-8,11H2,(H2,19,21,24,25). The van der Waals surface area contributed by atoms with Crippen molar-refractivity contribution in [2.75, 3.05) is 36.9 Å². The lowest BCUT2D eigenvalue weighted by molar-refractivity contribution is -0.384. The third-order valence-electron chi connectivity index (χ3n) is 3.57. The van der Waals surface area contributed by atoms with Gasteiger partial charge in [-0.15, -0.1) is 11.3 Å². The van der Waals surface area contributed by atoms with E-state index in [0.717, 1.165) is 4.88 Å². The monoisotopic (exact) mass is 407 g/mol. The van der Waals surface area contributed by atoms with Gasteiger partial charge in [-0.1, -0.05) is 6.07 Å². The molecule has 3 amide bonds. The number of anilines is 2. The zero-order valence-corrected chi connectivity index (χ0v) is 15.8. The van der Waals surface area contributed by atoms with Gasteiger partial charge in [-0.3, -0.25) is 20.2 Å². The highest BCUT2D eigenvalue weighted by Gasteiger charge is 2.13. The van der Waals surface area contributed by atoms with Crippen LogP contribution in [0.4, 0.5) is 21.9 Å². The lowest BCUT2D eigenvalue weighted by Gasteiger charge is -2.13. The number of thiophene rings is 1. The van der Waals surface area contributed by atoms with Crippen molar-refractivity contribution in [1.82, 2.24) is 10.6 Å². The van der Waals surface area contributed by atoms with Crippen molar-refractivity contribution in [3.63, 3.8) is 0 Å². The number of nitro groups is 1. The maximum absolute atomic E-state index is 11.9. The summed E-state index contributed by atoms with van der Waals surface area (Å²) in [6.07, 6.45) is 0.672. The van der Waals surface area contributed by atoms with Crippen LogP contribution >= 0.6 is 11.3 Å². The molecule has 28 heavy (non-hydrogen) atoms. The minimum Gasteiger partial charge on any atom is -0.395 e. The molecule has 0 atom stereocenters. The van der Waals surface area contributed by atoms with E-state index in [1.165, 1.54) is 18.2 Å². The Morgan fingerprint density at radius 2 is 1.96 bits per heavy atom. The third kappa shape index (κ3) is 6.85. The van der Waals surface area contributed by atoms with E-state index in [2.05, 4.69) is 21.3 Å². The number of urea groups is 1. The van der Waals surface area contributed by atoms with Gasteiger partial charge in [0.15, 0.2) is 0 Å². The van der Waals surface area contributed by atoms with Crippen LogP contribution in [-0.4, -0.2) is 48.2 Å². The Hall–Kier alpha value is -3.18. The summed E-state index contributed by atoms with van der Waals surface area (Å²) < 4.78 is 0. The first-order chi connectivity index (χ1) is 13.5. The van der Waals surface area contributed by atoms with Crippen LogP contribution in [0.2, 0.25) is 0 Å². The van der Waals surface area contributed by atoms with E-state index in [0.29, 0.717) is 24.3 Å². The fourth-order valence-electron chi connectivity index (χ4n) is 2.28. The van der Waals surface area contributed by atoms with Gasteiger partial charge in [-0.05, 0) is 23.9 Å². The minimum atomic E-state index is -0.610. The number of nitrogens with zero attached hydrogens (tertiary/aromatic N) is 1. The topological polar surface area (TPSA) is 146 Å². The second-order valence-electron chi connectivity index (χ2n) is 5.62. The van der Waals surface area contributed by atoms with Crippen LogP contribution in [0, 0.1) is 10.1 Å². The molecule has 2 aromatic rings. The second kappa shape index (κ2) is 10.8. The van der Waals surface area contributed by atoms with Crippen LogP contribution in [0.1, 0.15) is 4.88 Å². The van der Waals surface area contributed by atoms with Crippen molar-refractivity contribution >= 4 is 40.3 Å². The highest BCUT2D eigenvalue weighted by Crippen LogP contribution is 2.26. The number of nitro benzene ring substituents is 1. The molecule has 0 fully saturated rings. The smallest absolute Gasteiger partial charge is 0.321 e. The van der Waals surface area contributed by atoms with Gasteiger partial charge in [0.1, 0.15) is 0 Å². The molecular weight excluding hydrogens is 386 g/mol. The Balaban J connectivity index is 1.83. The molecule has 2 rings (SSSR count). The average molecular weight is 407 g/mol. The zero-order valence-electron chi connectivity index (χ0n) is 14.9. The van der Waals surface area contributed by atoms with E-state index in [1.807, 2.05) is 17.5 Å². The Bertz CT molecular complexity index is 812. The fraction of sp³-hybridized carbons (Fsp3) is 0.294. The van der Waals surface area contributed by atoms with Crippen LogP contribution < -0.4 is 21.3 Å². The molecule has 0 aliphatic rings. The first-order valence-corrected chi connectivity index (χ1v) is 9.34. The first kappa shape index (κ1) is 21.1. The number of imide groups is 1. The van der Waals surface area contributed by atoms with E-state index in [4.69, 9.17) is 5.11 Å². The maximum atomic E-state index is 11.9. The van der Waals surface area contributed by atoms with Crippen LogP contribution in [-0.2, 0) is 11.2 Å². The summed E-state index contributed by atoms with van der Waals surface area (Å²) in [7, 11) is 0. The van der Waals surface area contributed by atoms with Gasteiger partial charge in [0.25, 0.3) is 5.69 Å². The summed E-state index contributed by atoms with van der Waals surface area (Å²) >= 11 is 1.59. The highest BCUT2D eigenvalue weighted by atomic mass is 32.1. The number of nitrogens with one attached hydrogen (secondary N) is 4. The molecule has 11 heteroatoms. The van der Waals surface area contributed by atoms with Gasteiger partial charge in [0, 0.05) is 30.1 Å². The first-order valence-electron chi connectivity index (χ1n) is 8.46. The summed E-state index contributed by atoms with van der Waals surface area (Å²) in [5.74, 6) is -0.590. The highest BCUT2D eigenvalue weighted by molar-refractivity contribution is 7.09. The molecule has 0 radical (unpaired) electrons. The quantitative estimate of drug-likeness (QED) is 0.297. The summed E-state index contributed by atoms with van der Waals surface area (Å²) in [5, 5.41) is 32.2. The Labute approximate surface area is 165 Å². The van der Waals surface area contributed by atoms with E-state index >= 15 is 0 Å². The molecule has 150 valence electrons. The van der Waals surface area contributed by atoms with Crippen LogP contribution in [0.3, 0.4) is 0 Å². The summed E-state index contributed by atoms with van der Waals surface area (Å²) in [6.45, 7) is 0.258. The van der Waals surface area contributed by atoms with E-state index in [-0.39, 0.29) is 25.4 Å². The van der Waals surface area contributed by atoms with E-state index in [9.17, 15) is 19.7 Å². The number of benzene rings is 1. The predicted octanol–water partition coefficient (Wildman–Crippen LogP) is 1.54. The van der Waals surface area contributed by atoms with Gasteiger partial charge < -0.3 is 21.1 Å². The number of aliphatic hydroxyl groups excluding tert-OH is 1. The largest absolute Gasteiger partial charge is 0.395 e. The number of amides is 3. The molecule has 10 nitrogen and oxygen atoms in total. The maximum Gasteiger partial charge on any atom is 0.321 e. The number of hydrogen-bond donors (Lipinski definition) is 5. The summed E-state index contributed by atoms with van der Waals surface area (Å²) in [4.78, 5) is 35.2. The number of aliphatic hydroxyl groups is 1. The Kier molecular flexibility index (Phi) is 8.18. The SMILES string of the molecule is O=C(CNc1cc([N+](=O)[O-])ccc1NCCO)NC(=O)NCCc1cccs1. The minimum absolute atomic E-state index is 0.122. The molecule has 5 N–H and O–H groups in total. The fourth-order valence-corrected chi connectivity index (χ4v) is 2.99. The molecular formula is C17H21N5O5S. The molecule has 0 aliphatic carbocycles. The van der Waals surface area contributed by atoms with Crippen molar-refractivity contribution in [2.24, 2.45) is 0 Å². The number of non-ortho nitro benzene ring substituents is 1. The van der Waals surface area contributed by atoms with Crippen molar-refractivity contribution in [1.29, 1.82) is 0 Å². The van der Waals surface area contributed by atoms with Crippen molar-refractivity contribution < 1.29 is 19.6 Å². The van der Waals surface area contributed by atoms with Crippen molar-refractivity contribution in [2.45, 2.75) is 6.42 Å². The molecule has 0 unspecified atom stereocenters. The van der Waals surface area contributed by atoms with Crippen LogP contribution in [0.25, 0.3) is 0 Å². The number of carbonyl (C=O) groups excluding carboxylic acids is 2. The van der Waals surface area contributed by atoms with Crippen molar-refractivity contribution in [3.05, 3.63) is 50.7 Å². The zero-order chi connectivity index (χ0) is 20.4. The van der Waals surface area contributed by atoms with Gasteiger partial charge in [-0.2, -0.15) is 0 Å². The van der Waals surface area contributed by atoms with Gasteiger partial charge in [0.05, 0.1) is 29.4 Å². The number of rotatable bonds is 10. The van der Waals surface area contributed by atoms with E-state index < -0.39 is 16.9 Å². The molecule has 1 aromatic carbocycles. The Morgan fingerprint density at radius 1 is 1.14 bits per heavy atom. The van der Waals surface area contributed by atoms with E-state index in [1.54, 1.807) is 11.3 Å². The molecule has 0 saturated carbocycles. The molecule has 0 aliphatic heterocycles. The Morgan fingerprint density at radius 3 is 2.64 bits per heavy atom. The average Bonchev–Trinajstić information content (AvgIpc) is 3.18. The van der Waals surface area contributed by atoms with Crippen LogP contribution in [0.5, 0.6) is 0 Å². The molecule has 0 spiro atoms. The van der Waals surface area contributed by atoms with Gasteiger partial charge in [0.2, 0.25) is 5.91 Å². The lowest BCUT2D eigenvalue weighted by Crippen LogP contribution is -2.42. The molecule has 1 heterocycles. The van der Waals surface area contributed by atoms with Crippen molar-refractivity contribution in [3.8, 4) is 0 Å². The summed E-state index contributed by atoms with van der Waals surface area (Å²) in [5.41, 5.74) is 0.660. The lowest BCUT2D eigenvalue weighted by atomic mass is 10.2. The molecule has 1 aromatic heterocycles. The normalized spacial score (nSPS) is 10.2. The molecule has 0 saturated heterocycles. The number of carbonyl (C=O) groups is 2. The predicted molar refractivity (Wildman–Crippen MR) is 107 cm³/mol. The molecule has 0 bridgehead atoms. The third-order valence-corrected chi connectivity index (χ3v) is 4.51. The number of hydrogen-bond acceptors (Lipinski definition) is 8. The van der Waals surface area contributed by atoms with Crippen LogP contribution in [0.15, 0.2) is 35.7 Å².